The summed E-state index contributed by atoms with van der Waals surface area (Å²) in [6.07, 6.45) is 1.91. The molecule has 6 nitrogen and oxygen atoms in total. The van der Waals surface area contributed by atoms with Gasteiger partial charge in [-0.05, 0) is 48.2 Å². The summed E-state index contributed by atoms with van der Waals surface area (Å²) >= 11 is 1.61. The van der Waals surface area contributed by atoms with E-state index in [4.69, 9.17) is 5.73 Å². The monoisotopic (exact) mass is 332 g/mol. The first-order chi connectivity index (χ1) is 11.1. The Morgan fingerprint density at radius 3 is 3.00 bits per heavy atom. The number of amides is 2. The van der Waals surface area contributed by atoms with Crippen molar-refractivity contribution in [1.82, 2.24) is 15.1 Å². The van der Waals surface area contributed by atoms with Crippen molar-refractivity contribution >= 4 is 23.2 Å². The predicted octanol–water partition coefficient (Wildman–Crippen LogP) is 2.08. The lowest BCUT2D eigenvalue weighted by molar-refractivity contribution is -0.133. The van der Waals surface area contributed by atoms with Crippen LogP contribution < -0.4 is 5.73 Å². The number of likely N-dealkylation sites (tertiary alicyclic amines) is 1. The average Bonchev–Trinajstić information content (AvgIpc) is 3.25. The third-order valence-electron chi connectivity index (χ3n) is 4.44. The first-order valence-corrected chi connectivity index (χ1v) is 8.66. The van der Waals surface area contributed by atoms with E-state index in [2.05, 4.69) is 10.2 Å². The summed E-state index contributed by atoms with van der Waals surface area (Å²) in [6.45, 7) is 3.38. The number of hydrogen-bond acceptors (Lipinski definition) is 4. The zero-order valence-corrected chi connectivity index (χ0v) is 13.8. The molecular formula is C16H20N4O2S. The largest absolute Gasteiger partial charge is 0.364 e. The van der Waals surface area contributed by atoms with E-state index >= 15 is 0 Å². The highest BCUT2D eigenvalue weighted by atomic mass is 32.1. The Hall–Kier alpha value is -2.15. The van der Waals surface area contributed by atoms with Crippen molar-refractivity contribution in [3.05, 3.63) is 39.8 Å². The van der Waals surface area contributed by atoms with Crippen molar-refractivity contribution in [2.75, 3.05) is 13.1 Å². The second kappa shape index (κ2) is 6.54. The molecule has 0 saturated carbocycles. The molecular weight excluding hydrogens is 312 g/mol. The number of thiophene rings is 1. The molecule has 0 spiro atoms. The lowest BCUT2D eigenvalue weighted by Gasteiger charge is -2.33. The molecule has 2 aromatic heterocycles. The summed E-state index contributed by atoms with van der Waals surface area (Å²) in [4.78, 5) is 25.8. The van der Waals surface area contributed by atoms with E-state index in [1.54, 1.807) is 17.4 Å². The number of primary amides is 1. The van der Waals surface area contributed by atoms with Crippen molar-refractivity contribution in [2.24, 2.45) is 5.73 Å². The normalized spacial score (nSPS) is 19.5. The van der Waals surface area contributed by atoms with Crippen LogP contribution in [0.3, 0.4) is 0 Å². The fraction of sp³-hybridized carbons (Fsp3) is 0.438. The van der Waals surface area contributed by atoms with Gasteiger partial charge in [-0.1, -0.05) is 0 Å². The highest BCUT2D eigenvalue weighted by Crippen LogP contribution is 2.29. The van der Waals surface area contributed by atoms with Crippen LogP contribution in [0.2, 0.25) is 0 Å². The molecule has 0 unspecified atom stereocenters. The van der Waals surface area contributed by atoms with Gasteiger partial charge in [0.05, 0.1) is 5.92 Å². The molecule has 1 saturated heterocycles. The summed E-state index contributed by atoms with van der Waals surface area (Å²) in [5, 5.41) is 10.8. The van der Waals surface area contributed by atoms with Gasteiger partial charge in [-0.25, -0.2) is 0 Å². The van der Waals surface area contributed by atoms with Crippen molar-refractivity contribution in [1.29, 1.82) is 0 Å². The molecule has 122 valence electrons. The molecule has 0 radical (unpaired) electrons. The third-order valence-corrected chi connectivity index (χ3v) is 5.14. The third kappa shape index (κ3) is 3.29. The minimum Gasteiger partial charge on any atom is -0.364 e. The van der Waals surface area contributed by atoms with Gasteiger partial charge in [0.25, 0.3) is 5.91 Å². The van der Waals surface area contributed by atoms with Crippen LogP contribution >= 0.6 is 11.3 Å². The predicted molar refractivity (Wildman–Crippen MR) is 88.4 cm³/mol. The quantitative estimate of drug-likeness (QED) is 0.898. The van der Waals surface area contributed by atoms with Gasteiger partial charge in [-0.2, -0.15) is 16.4 Å². The summed E-state index contributed by atoms with van der Waals surface area (Å²) < 4.78 is 0. The Morgan fingerprint density at radius 1 is 1.52 bits per heavy atom. The molecule has 3 heterocycles. The minimum absolute atomic E-state index is 0.122. The number of piperidine rings is 1. The number of H-pyrrole nitrogens is 1. The van der Waals surface area contributed by atoms with Gasteiger partial charge in [-0.3, -0.25) is 14.7 Å². The van der Waals surface area contributed by atoms with Crippen LogP contribution in [0.5, 0.6) is 0 Å². The van der Waals surface area contributed by atoms with Crippen LogP contribution in [0.4, 0.5) is 0 Å². The SMILES string of the molecule is C[C@H](C(=O)N1CCC[C@H](c2cc(C(N)=O)n[nH]2)C1)c1ccsc1. The van der Waals surface area contributed by atoms with Gasteiger partial charge in [0.2, 0.25) is 5.91 Å². The second-order valence-electron chi connectivity index (χ2n) is 5.97. The number of rotatable bonds is 4. The standard InChI is InChI=1S/C16H20N4O2S/c1-10(12-4-6-23-9-12)16(22)20-5-2-3-11(8-20)13-7-14(15(17)21)19-18-13/h4,6-7,9-11H,2-3,5,8H2,1H3,(H2,17,21)(H,18,19)/t10-,11-/m0/s1. The van der Waals surface area contributed by atoms with Gasteiger partial charge in [0.15, 0.2) is 0 Å². The maximum atomic E-state index is 12.7. The van der Waals surface area contributed by atoms with Crippen LogP contribution in [-0.4, -0.2) is 40.0 Å². The van der Waals surface area contributed by atoms with Crippen LogP contribution in [-0.2, 0) is 4.79 Å². The lowest BCUT2D eigenvalue weighted by atomic mass is 9.93. The number of aromatic nitrogens is 2. The molecule has 1 fully saturated rings. The maximum absolute atomic E-state index is 12.7. The lowest BCUT2D eigenvalue weighted by Crippen LogP contribution is -2.41. The number of carbonyl (C=O) groups excluding carboxylic acids is 2. The molecule has 1 aliphatic heterocycles. The maximum Gasteiger partial charge on any atom is 0.269 e. The van der Waals surface area contributed by atoms with Crippen molar-refractivity contribution in [2.45, 2.75) is 31.6 Å². The molecule has 23 heavy (non-hydrogen) atoms. The number of nitrogens with one attached hydrogen (secondary N) is 1. The Balaban J connectivity index is 1.70. The summed E-state index contributed by atoms with van der Waals surface area (Å²) in [6, 6.07) is 3.70. The second-order valence-corrected chi connectivity index (χ2v) is 6.75. The Labute approximate surface area is 138 Å². The Kier molecular flexibility index (Phi) is 4.47. The molecule has 1 aliphatic rings. The van der Waals surface area contributed by atoms with Crippen LogP contribution in [0.25, 0.3) is 0 Å². The molecule has 0 aliphatic carbocycles. The fourth-order valence-corrected chi connectivity index (χ4v) is 3.80. The molecule has 0 bridgehead atoms. The first kappa shape index (κ1) is 15.7. The van der Waals surface area contributed by atoms with E-state index < -0.39 is 5.91 Å². The van der Waals surface area contributed by atoms with E-state index in [0.29, 0.717) is 6.54 Å². The minimum atomic E-state index is -0.540. The molecule has 0 aromatic carbocycles. The van der Waals surface area contributed by atoms with Crippen molar-refractivity contribution in [3.63, 3.8) is 0 Å². The van der Waals surface area contributed by atoms with Crippen LogP contribution in [0.15, 0.2) is 22.9 Å². The van der Waals surface area contributed by atoms with Gasteiger partial charge < -0.3 is 10.6 Å². The van der Waals surface area contributed by atoms with Gasteiger partial charge >= 0.3 is 0 Å². The average molecular weight is 332 g/mol. The zero-order chi connectivity index (χ0) is 16.4. The number of nitrogens with zero attached hydrogens (tertiary/aromatic N) is 2. The number of carbonyl (C=O) groups is 2. The van der Waals surface area contributed by atoms with E-state index in [1.165, 1.54) is 0 Å². The summed E-state index contributed by atoms with van der Waals surface area (Å²) in [5.41, 5.74) is 7.43. The fourth-order valence-electron chi connectivity index (χ4n) is 3.04. The number of hydrogen-bond donors (Lipinski definition) is 2. The Morgan fingerprint density at radius 2 is 2.35 bits per heavy atom. The summed E-state index contributed by atoms with van der Waals surface area (Å²) in [7, 11) is 0. The number of nitrogens with two attached hydrogens (primary N) is 1. The van der Waals surface area contributed by atoms with E-state index in [0.717, 1.165) is 30.6 Å². The van der Waals surface area contributed by atoms with Gasteiger partial charge in [0, 0.05) is 24.7 Å². The summed E-state index contributed by atoms with van der Waals surface area (Å²) in [5.74, 6) is -0.337. The topological polar surface area (TPSA) is 92.1 Å². The Bertz CT molecular complexity index is 695. The first-order valence-electron chi connectivity index (χ1n) is 7.72. The van der Waals surface area contributed by atoms with Crippen LogP contribution in [0, 0.1) is 0 Å². The van der Waals surface area contributed by atoms with Gasteiger partial charge in [-0.15, -0.1) is 0 Å². The molecule has 2 aromatic rings. The highest BCUT2D eigenvalue weighted by Gasteiger charge is 2.29. The number of aromatic amines is 1. The zero-order valence-electron chi connectivity index (χ0n) is 13.0. The smallest absolute Gasteiger partial charge is 0.269 e. The molecule has 2 amide bonds. The van der Waals surface area contributed by atoms with E-state index in [1.807, 2.05) is 28.7 Å². The van der Waals surface area contributed by atoms with Gasteiger partial charge in [0.1, 0.15) is 5.69 Å². The van der Waals surface area contributed by atoms with Crippen molar-refractivity contribution in [3.8, 4) is 0 Å². The molecule has 3 N–H and O–H groups in total. The van der Waals surface area contributed by atoms with Crippen LogP contribution in [0.1, 0.15) is 53.3 Å². The molecule has 3 rings (SSSR count). The highest BCUT2D eigenvalue weighted by molar-refractivity contribution is 7.08. The molecule has 2 atom stereocenters. The van der Waals surface area contributed by atoms with E-state index in [9.17, 15) is 9.59 Å². The van der Waals surface area contributed by atoms with E-state index in [-0.39, 0.29) is 23.4 Å². The van der Waals surface area contributed by atoms with Crippen molar-refractivity contribution < 1.29 is 9.59 Å². The molecule has 7 heteroatoms.